The minimum absolute atomic E-state index is 0.232. The Kier molecular flexibility index (Phi) is 5.81. The van der Waals surface area contributed by atoms with Crippen LogP contribution < -0.4 is 4.74 Å². The van der Waals surface area contributed by atoms with Gasteiger partial charge in [-0.25, -0.2) is 4.39 Å². The van der Waals surface area contributed by atoms with E-state index in [0.717, 1.165) is 32.8 Å². The fourth-order valence-electron chi connectivity index (χ4n) is 1.96. The van der Waals surface area contributed by atoms with E-state index >= 15 is 0 Å². The number of hydrogen-bond donors (Lipinski definition) is 1. The molecule has 1 heterocycles. The van der Waals surface area contributed by atoms with Crippen molar-refractivity contribution in [1.29, 1.82) is 0 Å². The second kappa shape index (κ2) is 7.85. The zero-order chi connectivity index (χ0) is 14.2. The van der Waals surface area contributed by atoms with E-state index in [1.807, 2.05) is 0 Å². The van der Waals surface area contributed by atoms with Crippen LogP contribution in [0.1, 0.15) is 5.56 Å². The lowest BCUT2D eigenvalue weighted by Crippen LogP contribution is -2.38. The first-order valence-corrected chi connectivity index (χ1v) is 6.62. The maximum Gasteiger partial charge on any atom is 0.137 e. The van der Waals surface area contributed by atoms with Crippen LogP contribution in [0.4, 0.5) is 4.39 Å². The number of halogens is 1. The summed E-state index contributed by atoms with van der Waals surface area (Å²) in [6, 6.07) is 4.21. The summed E-state index contributed by atoms with van der Waals surface area (Å²) in [5.74, 6) is 5.35. The fraction of sp³-hybridized carbons (Fsp3) is 0.467. The molecule has 0 saturated carbocycles. The average Bonchev–Trinajstić information content (AvgIpc) is 2.47. The van der Waals surface area contributed by atoms with Gasteiger partial charge >= 0.3 is 0 Å². The van der Waals surface area contributed by atoms with Gasteiger partial charge in [0.2, 0.25) is 0 Å². The van der Waals surface area contributed by atoms with Crippen LogP contribution in [0.5, 0.6) is 5.75 Å². The van der Waals surface area contributed by atoms with Gasteiger partial charge in [0, 0.05) is 25.7 Å². The predicted molar refractivity (Wildman–Crippen MR) is 73.1 cm³/mol. The van der Waals surface area contributed by atoms with Gasteiger partial charge in [0.1, 0.15) is 24.8 Å². The number of ether oxygens (including phenoxy) is 2. The molecule has 1 aliphatic rings. The van der Waals surface area contributed by atoms with E-state index in [1.54, 1.807) is 6.07 Å². The molecule has 20 heavy (non-hydrogen) atoms. The van der Waals surface area contributed by atoms with Crippen molar-refractivity contribution in [2.45, 2.75) is 0 Å². The second-order valence-electron chi connectivity index (χ2n) is 4.40. The topological polar surface area (TPSA) is 41.9 Å². The molecule has 1 aliphatic heterocycles. The lowest BCUT2D eigenvalue weighted by Gasteiger charge is -2.26. The standard InChI is InChI=1S/C15H18FNO3/c16-14-4-3-13(2-1-8-18)15(12-14)20-11-7-17-5-9-19-10-6-17/h3-4,12,18H,5-11H2. The molecule has 0 bridgehead atoms. The molecule has 108 valence electrons. The molecule has 0 unspecified atom stereocenters. The maximum atomic E-state index is 13.2. The molecule has 0 aromatic heterocycles. The molecule has 1 aromatic carbocycles. The quantitative estimate of drug-likeness (QED) is 0.831. The molecule has 0 radical (unpaired) electrons. The first-order valence-electron chi connectivity index (χ1n) is 6.62. The lowest BCUT2D eigenvalue weighted by molar-refractivity contribution is 0.0322. The number of nitrogens with zero attached hydrogens (tertiary/aromatic N) is 1. The van der Waals surface area contributed by atoms with Crippen LogP contribution in [0.3, 0.4) is 0 Å². The third-order valence-electron chi connectivity index (χ3n) is 3.01. The SMILES string of the molecule is OCC#Cc1ccc(F)cc1OCCN1CCOCC1. The number of benzene rings is 1. The molecular weight excluding hydrogens is 261 g/mol. The monoisotopic (exact) mass is 279 g/mol. The fourth-order valence-corrected chi connectivity index (χ4v) is 1.96. The summed E-state index contributed by atoms with van der Waals surface area (Å²) in [6.07, 6.45) is 0. The summed E-state index contributed by atoms with van der Waals surface area (Å²) in [5, 5.41) is 8.71. The zero-order valence-electron chi connectivity index (χ0n) is 11.3. The molecule has 4 nitrogen and oxygen atoms in total. The van der Waals surface area contributed by atoms with E-state index in [-0.39, 0.29) is 12.4 Å². The van der Waals surface area contributed by atoms with Crippen molar-refractivity contribution >= 4 is 0 Å². The first kappa shape index (κ1) is 14.8. The van der Waals surface area contributed by atoms with Crippen molar-refractivity contribution in [3.63, 3.8) is 0 Å². The minimum atomic E-state index is -0.360. The highest BCUT2D eigenvalue weighted by Gasteiger charge is 2.10. The highest BCUT2D eigenvalue weighted by molar-refractivity contribution is 5.46. The van der Waals surface area contributed by atoms with Gasteiger partial charge in [-0.15, -0.1) is 0 Å². The van der Waals surface area contributed by atoms with Gasteiger partial charge in [0.05, 0.1) is 18.8 Å². The van der Waals surface area contributed by atoms with Gasteiger partial charge in [-0.05, 0) is 12.1 Å². The summed E-state index contributed by atoms with van der Waals surface area (Å²) < 4.78 is 24.1. The minimum Gasteiger partial charge on any atom is -0.491 e. The summed E-state index contributed by atoms with van der Waals surface area (Å²) in [5.41, 5.74) is 0.586. The van der Waals surface area contributed by atoms with E-state index < -0.39 is 0 Å². The molecule has 5 heteroatoms. The smallest absolute Gasteiger partial charge is 0.137 e. The molecule has 0 atom stereocenters. The maximum absolute atomic E-state index is 13.2. The van der Waals surface area contributed by atoms with Crippen LogP contribution in [-0.2, 0) is 4.74 Å². The largest absolute Gasteiger partial charge is 0.491 e. The van der Waals surface area contributed by atoms with E-state index in [1.165, 1.54) is 12.1 Å². The number of aliphatic hydroxyl groups is 1. The summed E-state index contributed by atoms with van der Waals surface area (Å²) in [4.78, 5) is 2.24. The Bertz CT molecular complexity index is 490. The van der Waals surface area contributed by atoms with Crippen molar-refractivity contribution in [2.24, 2.45) is 0 Å². The number of morpholine rings is 1. The van der Waals surface area contributed by atoms with Gasteiger partial charge in [-0.1, -0.05) is 11.8 Å². The van der Waals surface area contributed by atoms with Gasteiger partial charge < -0.3 is 14.6 Å². The van der Waals surface area contributed by atoms with Crippen LogP contribution in [0.25, 0.3) is 0 Å². The number of aliphatic hydroxyl groups excluding tert-OH is 1. The van der Waals surface area contributed by atoms with Crippen LogP contribution >= 0.6 is 0 Å². The molecule has 1 N–H and O–H groups in total. The first-order chi connectivity index (χ1) is 9.79. The Morgan fingerprint density at radius 2 is 2.15 bits per heavy atom. The van der Waals surface area contributed by atoms with Crippen molar-refractivity contribution in [1.82, 2.24) is 4.90 Å². The Balaban J connectivity index is 1.91. The number of hydrogen-bond acceptors (Lipinski definition) is 4. The molecule has 1 aromatic rings. The second-order valence-corrected chi connectivity index (χ2v) is 4.40. The molecule has 0 aliphatic carbocycles. The summed E-state index contributed by atoms with van der Waals surface area (Å²) >= 11 is 0. The van der Waals surface area contributed by atoms with E-state index in [4.69, 9.17) is 14.6 Å². The van der Waals surface area contributed by atoms with Crippen molar-refractivity contribution in [3.8, 4) is 17.6 Å². The highest BCUT2D eigenvalue weighted by atomic mass is 19.1. The van der Waals surface area contributed by atoms with Gasteiger partial charge in [0.25, 0.3) is 0 Å². The Labute approximate surface area is 118 Å². The summed E-state index contributed by atoms with van der Waals surface area (Å²) in [6.45, 7) is 4.28. The van der Waals surface area contributed by atoms with Crippen molar-refractivity contribution < 1.29 is 19.0 Å². The van der Waals surface area contributed by atoms with E-state index in [0.29, 0.717) is 17.9 Å². The van der Waals surface area contributed by atoms with Gasteiger partial charge in [-0.2, -0.15) is 0 Å². The third kappa shape index (κ3) is 4.49. The van der Waals surface area contributed by atoms with Gasteiger partial charge in [-0.3, -0.25) is 4.90 Å². The molecule has 0 spiro atoms. The molecule has 2 rings (SSSR count). The Morgan fingerprint density at radius 1 is 1.35 bits per heavy atom. The van der Waals surface area contributed by atoms with Crippen LogP contribution in [0, 0.1) is 17.7 Å². The zero-order valence-corrected chi connectivity index (χ0v) is 11.3. The van der Waals surface area contributed by atoms with Crippen molar-refractivity contribution in [2.75, 3.05) is 46.1 Å². The van der Waals surface area contributed by atoms with E-state index in [2.05, 4.69) is 16.7 Å². The van der Waals surface area contributed by atoms with E-state index in [9.17, 15) is 4.39 Å². The number of rotatable bonds is 4. The summed E-state index contributed by atoms with van der Waals surface area (Å²) in [7, 11) is 0. The Morgan fingerprint density at radius 3 is 2.90 bits per heavy atom. The normalized spacial score (nSPS) is 15.5. The van der Waals surface area contributed by atoms with Crippen LogP contribution in [0.15, 0.2) is 18.2 Å². The highest BCUT2D eigenvalue weighted by Crippen LogP contribution is 2.19. The predicted octanol–water partition coefficient (Wildman–Crippen LogP) is 0.880. The Hall–Kier alpha value is -1.61. The van der Waals surface area contributed by atoms with Crippen LogP contribution in [-0.4, -0.2) is 56.1 Å². The van der Waals surface area contributed by atoms with Crippen molar-refractivity contribution in [3.05, 3.63) is 29.6 Å². The van der Waals surface area contributed by atoms with Gasteiger partial charge in [0.15, 0.2) is 0 Å². The average molecular weight is 279 g/mol. The lowest BCUT2D eigenvalue weighted by atomic mass is 10.2. The van der Waals surface area contributed by atoms with Crippen LogP contribution in [0.2, 0.25) is 0 Å². The molecule has 0 amide bonds. The molecule has 1 saturated heterocycles. The molecular formula is C15H18FNO3. The molecule has 1 fully saturated rings. The third-order valence-corrected chi connectivity index (χ3v) is 3.01.